The molecule has 0 bridgehead atoms. The Balaban J connectivity index is 0.00000176. The van der Waals surface area contributed by atoms with Crippen molar-refractivity contribution >= 4 is 10.8 Å². The summed E-state index contributed by atoms with van der Waals surface area (Å²) in [5.74, 6) is 0.344. The highest BCUT2D eigenvalue weighted by Crippen LogP contribution is 2.27. The van der Waals surface area contributed by atoms with Gasteiger partial charge in [0, 0.05) is 12.0 Å². The fourth-order valence-corrected chi connectivity index (χ4v) is 2.91. The smallest absolute Gasteiger partial charge is 0.00825 e. The molecule has 5 N–H and O–H groups in total. The fraction of sp³-hybridized carbons (Fsp3) is 0.200. The second-order valence-corrected chi connectivity index (χ2v) is 5.76. The summed E-state index contributed by atoms with van der Waals surface area (Å²) in [6, 6.07) is 25.9. The molecule has 3 rings (SSSR count). The number of benzene rings is 3. The van der Waals surface area contributed by atoms with Crippen LogP contribution in [0.1, 0.15) is 24.0 Å². The van der Waals surface area contributed by atoms with E-state index in [-0.39, 0.29) is 12.2 Å². The van der Waals surface area contributed by atoms with Crippen molar-refractivity contribution in [2.24, 2.45) is 5.73 Å². The van der Waals surface area contributed by atoms with Crippen LogP contribution in [-0.4, -0.2) is 6.04 Å². The summed E-state index contributed by atoms with van der Waals surface area (Å²) < 4.78 is 0. The second-order valence-electron chi connectivity index (χ2n) is 5.76. The van der Waals surface area contributed by atoms with Crippen LogP contribution in [0.4, 0.5) is 0 Å². The summed E-state index contributed by atoms with van der Waals surface area (Å²) in [5.41, 5.74) is 8.93. The van der Waals surface area contributed by atoms with Crippen molar-refractivity contribution in [1.82, 2.24) is 6.15 Å². The van der Waals surface area contributed by atoms with Crippen LogP contribution in [0.25, 0.3) is 10.8 Å². The zero-order chi connectivity index (χ0) is 14.7. The van der Waals surface area contributed by atoms with Crippen LogP contribution in [0.2, 0.25) is 0 Å². The molecule has 0 aliphatic carbocycles. The molecule has 0 aromatic heterocycles. The fourth-order valence-electron chi connectivity index (χ4n) is 2.91. The number of nitrogens with two attached hydrogens (primary N) is 1. The molecule has 2 nitrogen and oxygen atoms in total. The molecule has 2 heteroatoms. The van der Waals surface area contributed by atoms with E-state index in [1.54, 1.807) is 0 Å². The molecule has 3 aromatic rings. The normalized spacial score (nSPS) is 13.4. The Kier molecular flexibility index (Phi) is 5.31. The van der Waals surface area contributed by atoms with E-state index in [0.717, 1.165) is 6.42 Å². The summed E-state index contributed by atoms with van der Waals surface area (Å²) in [6.07, 6.45) is 0.983. The molecule has 0 heterocycles. The average molecular weight is 292 g/mol. The van der Waals surface area contributed by atoms with Crippen molar-refractivity contribution in [1.29, 1.82) is 0 Å². The number of hydrogen-bond donors (Lipinski definition) is 2. The van der Waals surface area contributed by atoms with Crippen LogP contribution in [-0.2, 0) is 6.42 Å². The molecule has 0 spiro atoms. The molecule has 114 valence electrons. The predicted molar refractivity (Wildman–Crippen MR) is 95.5 cm³/mol. The maximum Gasteiger partial charge on any atom is 0.00825 e. The van der Waals surface area contributed by atoms with Gasteiger partial charge < -0.3 is 11.9 Å². The van der Waals surface area contributed by atoms with E-state index in [0.29, 0.717) is 5.92 Å². The monoisotopic (exact) mass is 292 g/mol. The lowest BCUT2D eigenvalue weighted by Gasteiger charge is -2.22. The summed E-state index contributed by atoms with van der Waals surface area (Å²) in [7, 11) is 0. The van der Waals surface area contributed by atoms with Crippen LogP contribution in [0.15, 0.2) is 72.8 Å². The number of hydrogen-bond acceptors (Lipinski definition) is 2. The van der Waals surface area contributed by atoms with Crippen LogP contribution in [0.5, 0.6) is 0 Å². The Labute approximate surface area is 132 Å². The molecule has 22 heavy (non-hydrogen) atoms. The van der Waals surface area contributed by atoms with Crippen molar-refractivity contribution in [2.45, 2.75) is 25.3 Å². The summed E-state index contributed by atoms with van der Waals surface area (Å²) in [4.78, 5) is 0. The molecule has 0 saturated heterocycles. The zero-order valence-electron chi connectivity index (χ0n) is 13.1. The van der Waals surface area contributed by atoms with Crippen LogP contribution < -0.4 is 11.9 Å². The molecule has 0 radical (unpaired) electrons. The highest BCUT2D eigenvalue weighted by atomic mass is 14.6. The molecule has 2 atom stereocenters. The standard InChI is InChI=1S/C20H21N.H3N/c1-15(21)20(13-16-7-3-2-4-8-16)19-12-11-17-9-5-6-10-18(17)14-19;/h2-12,14-15,20H,13,21H2,1H3;1H3/t15?,20-;/m0./s1. The summed E-state index contributed by atoms with van der Waals surface area (Å²) in [6.45, 7) is 2.10. The highest BCUT2D eigenvalue weighted by molar-refractivity contribution is 5.83. The lowest BCUT2D eigenvalue weighted by molar-refractivity contribution is 0.565. The SMILES string of the molecule is CC(N)[C@H](Cc1ccccc1)c1ccc2ccccc2c1.N. The first kappa shape index (κ1) is 16.2. The first-order valence-electron chi connectivity index (χ1n) is 7.52. The third-order valence-corrected chi connectivity index (χ3v) is 4.13. The van der Waals surface area contributed by atoms with Crippen LogP contribution in [0, 0.1) is 0 Å². The average Bonchev–Trinajstić information content (AvgIpc) is 2.53. The highest BCUT2D eigenvalue weighted by Gasteiger charge is 2.17. The summed E-state index contributed by atoms with van der Waals surface area (Å²) >= 11 is 0. The maximum atomic E-state index is 6.26. The first-order chi connectivity index (χ1) is 10.2. The minimum atomic E-state index is 0. The largest absolute Gasteiger partial charge is 0.344 e. The van der Waals surface area contributed by atoms with E-state index in [1.807, 2.05) is 0 Å². The van der Waals surface area contributed by atoms with Gasteiger partial charge in [-0.05, 0) is 35.2 Å². The van der Waals surface area contributed by atoms with Crippen molar-refractivity contribution in [3.05, 3.63) is 83.9 Å². The van der Waals surface area contributed by atoms with Crippen molar-refractivity contribution < 1.29 is 0 Å². The van der Waals surface area contributed by atoms with Gasteiger partial charge in [0.25, 0.3) is 0 Å². The Morgan fingerprint density at radius 3 is 2.14 bits per heavy atom. The van der Waals surface area contributed by atoms with E-state index in [1.165, 1.54) is 21.9 Å². The van der Waals surface area contributed by atoms with Crippen LogP contribution >= 0.6 is 0 Å². The van der Waals surface area contributed by atoms with Gasteiger partial charge >= 0.3 is 0 Å². The second kappa shape index (κ2) is 7.21. The molecule has 0 aliphatic heterocycles. The maximum absolute atomic E-state index is 6.26. The van der Waals surface area contributed by atoms with Crippen molar-refractivity contribution in [2.75, 3.05) is 0 Å². The quantitative estimate of drug-likeness (QED) is 0.733. The number of fused-ring (bicyclic) bond motifs is 1. The Morgan fingerprint density at radius 2 is 1.45 bits per heavy atom. The zero-order valence-corrected chi connectivity index (χ0v) is 13.1. The van der Waals surface area contributed by atoms with Gasteiger partial charge in [-0.3, -0.25) is 0 Å². The van der Waals surface area contributed by atoms with E-state index < -0.39 is 0 Å². The lowest BCUT2D eigenvalue weighted by atomic mass is 9.86. The van der Waals surface area contributed by atoms with Gasteiger partial charge in [0.1, 0.15) is 0 Å². The third kappa shape index (κ3) is 3.53. The van der Waals surface area contributed by atoms with E-state index in [2.05, 4.69) is 79.7 Å². The van der Waals surface area contributed by atoms with E-state index in [4.69, 9.17) is 5.73 Å². The van der Waals surface area contributed by atoms with Crippen molar-refractivity contribution in [3.63, 3.8) is 0 Å². The summed E-state index contributed by atoms with van der Waals surface area (Å²) in [5, 5.41) is 2.57. The minimum absolute atomic E-state index is 0. The molecule has 0 saturated carbocycles. The molecule has 0 amide bonds. The Bertz CT molecular complexity index is 720. The molecular weight excluding hydrogens is 268 g/mol. The molecule has 0 aliphatic rings. The molecule has 1 unspecified atom stereocenters. The van der Waals surface area contributed by atoms with Gasteiger partial charge in [0.2, 0.25) is 0 Å². The van der Waals surface area contributed by atoms with Crippen molar-refractivity contribution in [3.8, 4) is 0 Å². The predicted octanol–water partition coefficient (Wildman–Crippen LogP) is 4.68. The van der Waals surface area contributed by atoms with Gasteiger partial charge in [0.05, 0.1) is 0 Å². The first-order valence-corrected chi connectivity index (χ1v) is 7.52. The van der Waals surface area contributed by atoms with Gasteiger partial charge in [-0.1, -0.05) is 72.8 Å². The number of rotatable bonds is 4. The van der Waals surface area contributed by atoms with Gasteiger partial charge in [-0.25, -0.2) is 0 Å². The third-order valence-electron chi connectivity index (χ3n) is 4.13. The Hall–Kier alpha value is -2.16. The van der Waals surface area contributed by atoms with Gasteiger partial charge in [0.15, 0.2) is 0 Å². The van der Waals surface area contributed by atoms with Gasteiger partial charge in [-0.2, -0.15) is 0 Å². The Morgan fingerprint density at radius 1 is 0.818 bits per heavy atom. The van der Waals surface area contributed by atoms with E-state index in [9.17, 15) is 0 Å². The molecule has 3 aromatic carbocycles. The minimum Gasteiger partial charge on any atom is -0.344 e. The molecule has 0 fully saturated rings. The van der Waals surface area contributed by atoms with Crippen LogP contribution in [0.3, 0.4) is 0 Å². The van der Waals surface area contributed by atoms with Gasteiger partial charge in [-0.15, -0.1) is 0 Å². The molecular formula is C20H24N2. The topological polar surface area (TPSA) is 61.0 Å². The lowest BCUT2D eigenvalue weighted by Crippen LogP contribution is -2.26. The van der Waals surface area contributed by atoms with E-state index >= 15 is 0 Å².